The number of carbonyl (C=O) groups is 3. The highest BCUT2D eigenvalue weighted by atomic mass is 16.5. The largest absolute Gasteiger partial charge is 0.457 e. The Hall–Kier alpha value is -3.59. The summed E-state index contributed by atoms with van der Waals surface area (Å²) < 4.78 is 5.77. The predicted octanol–water partition coefficient (Wildman–Crippen LogP) is 4.25. The van der Waals surface area contributed by atoms with Crippen molar-refractivity contribution in [2.75, 3.05) is 25.0 Å². The van der Waals surface area contributed by atoms with Crippen LogP contribution in [-0.2, 0) is 9.59 Å². The summed E-state index contributed by atoms with van der Waals surface area (Å²) in [4.78, 5) is 40.4. The monoisotopic (exact) mass is 470 g/mol. The fourth-order valence-electron chi connectivity index (χ4n) is 3.19. The van der Waals surface area contributed by atoms with Crippen LogP contribution < -0.4 is 15.5 Å². The Bertz CT molecular complexity index is 921. The van der Waals surface area contributed by atoms with E-state index < -0.39 is 11.9 Å². The van der Waals surface area contributed by atoms with Crippen LogP contribution in [0.25, 0.3) is 0 Å². The van der Waals surface area contributed by atoms with Gasteiger partial charge in [-0.2, -0.15) is 0 Å². The lowest BCUT2D eigenvalue weighted by atomic mass is 10.2. The predicted molar refractivity (Wildman–Crippen MR) is 130 cm³/mol. The zero-order chi connectivity index (χ0) is 24.9. The lowest BCUT2D eigenvalue weighted by molar-refractivity contribution is -0.141. The van der Waals surface area contributed by atoms with E-state index in [4.69, 9.17) is 9.94 Å². The fraction of sp³-hybridized carbons (Fsp3) is 0.400. The topological polar surface area (TPSA) is 111 Å². The zero-order valence-electron chi connectivity index (χ0n) is 20.0. The SMILES string of the molecule is CCCCN(CC(=O)N(CC(=O)NO)C(C)CC)C(=O)Nc1ccc(Oc2ccccc2)cc1. The molecule has 2 rings (SSSR count). The minimum Gasteiger partial charge on any atom is -0.457 e. The summed E-state index contributed by atoms with van der Waals surface area (Å²) in [7, 11) is 0. The van der Waals surface area contributed by atoms with Crippen molar-refractivity contribution in [1.82, 2.24) is 15.3 Å². The number of nitrogens with one attached hydrogen (secondary N) is 2. The summed E-state index contributed by atoms with van der Waals surface area (Å²) in [5.74, 6) is 0.296. The van der Waals surface area contributed by atoms with Crippen molar-refractivity contribution in [3.8, 4) is 11.5 Å². The van der Waals surface area contributed by atoms with Crippen LogP contribution in [-0.4, -0.2) is 58.5 Å². The lowest BCUT2D eigenvalue weighted by Gasteiger charge is -2.31. The quantitative estimate of drug-likeness (QED) is 0.317. The highest BCUT2D eigenvalue weighted by Crippen LogP contribution is 2.22. The first kappa shape index (κ1) is 26.7. The molecule has 0 fully saturated rings. The molecule has 0 heterocycles. The molecular formula is C25H34N4O5. The number of urea groups is 1. The van der Waals surface area contributed by atoms with E-state index in [1.807, 2.05) is 51.1 Å². The third-order valence-corrected chi connectivity index (χ3v) is 5.36. The highest BCUT2D eigenvalue weighted by molar-refractivity contribution is 5.93. The Labute approximate surface area is 200 Å². The van der Waals surface area contributed by atoms with Crippen molar-refractivity contribution >= 4 is 23.5 Å². The van der Waals surface area contributed by atoms with Gasteiger partial charge in [-0.05, 0) is 56.2 Å². The number of para-hydroxylation sites is 1. The molecule has 0 saturated carbocycles. The summed E-state index contributed by atoms with van der Waals surface area (Å²) in [6, 6.07) is 15.7. The van der Waals surface area contributed by atoms with Gasteiger partial charge in [0.1, 0.15) is 24.6 Å². The molecule has 0 spiro atoms. The van der Waals surface area contributed by atoms with Crippen molar-refractivity contribution in [2.24, 2.45) is 0 Å². The minimum atomic E-state index is -0.684. The second-order valence-electron chi connectivity index (χ2n) is 7.96. The van der Waals surface area contributed by atoms with Gasteiger partial charge in [0.2, 0.25) is 5.91 Å². The number of carbonyl (C=O) groups excluding carboxylic acids is 3. The Morgan fingerprint density at radius 2 is 1.62 bits per heavy atom. The van der Waals surface area contributed by atoms with Crippen LogP contribution in [0.15, 0.2) is 54.6 Å². The third kappa shape index (κ3) is 8.40. The van der Waals surface area contributed by atoms with Crippen LogP contribution >= 0.6 is 0 Å². The molecule has 0 aliphatic heterocycles. The van der Waals surface area contributed by atoms with Crippen LogP contribution in [0.4, 0.5) is 10.5 Å². The van der Waals surface area contributed by atoms with E-state index in [1.54, 1.807) is 29.7 Å². The number of benzene rings is 2. The van der Waals surface area contributed by atoms with Crippen molar-refractivity contribution in [2.45, 2.75) is 46.1 Å². The summed E-state index contributed by atoms with van der Waals surface area (Å²) in [5, 5.41) is 11.7. The molecule has 0 saturated heterocycles. The van der Waals surface area contributed by atoms with Gasteiger partial charge in [-0.1, -0.05) is 38.5 Å². The van der Waals surface area contributed by atoms with Crippen LogP contribution in [0.5, 0.6) is 11.5 Å². The number of hydrogen-bond donors (Lipinski definition) is 3. The van der Waals surface area contributed by atoms with E-state index in [9.17, 15) is 14.4 Å². The summed E-state index contributed by atoms with van der Waals surface area (Å²) in [6.45, 7) is 5.65. The van der Waals surface area contributed by atoms with E-state index in [1.165, 1.54) is 9.80 Å². The molecule has 3 N–H and O–H groups in total. The molecular weight excluding hydrogens is 436 g/mol. The zero-order valence-corrected chi connectivity index (χ0v) is 20.0. The summed E-state index contributed by atoms with van der Waals surface area (Å²) >= 11 is 0. The van der Waals surface area contributed by atoms with E-state index in [0.29, 0.717) is 30.2 Å². The first-order valence-electron chi connectivity index (χ1n) is 11.5. The average Bonchev–Trinajstić information content (AvgIpc) is 2.85. The summed E-state index contributed by atoms with van der Waals surface area (Å²) in [6.07, 6.45) is 2.21. The van der Waals surface area contributed by atoms with Gasteiger partial charge in [-0.25, -0.2) is 10.3 Å². The molecule has 0 aliphatic rings. The number of amides is 4. The number of rotatable bonds is 12. The van der Waals surface area contributed by atoms with Gasteiger partial charge in [-0.3, -0.25) is 14.8 Å². The first-order chi connectivity index (χ1) is 16.4. The Morgan fingerprint density at radius 3 is 2.21 bits per heavy atom. The molecule has 9 heteroatoms. The summed E-state index contributed by atoms with van der Waals surface area (Å²) in [5.41, 5.74) is 2.12. The van der Waals surface area contributed by atoms with Crippen molar-refractivity contribution in [3.05, 3.63) is 54.6 Å². The van der Waals surface area contributed by atoms with Crippen molar-refractivity contribution < 1.29 is 24.3 Å². The molecule has 34 heavy (non-hydrogen) atoms. The average molecular weight is 471 g/mol. The maximum atomic E-state index is 13.0. The van der Waals surface area contributed by atoms with Crippen LogP contribution in [0.3, 0.4) is 0 Å². The molecule has 1 atom stereocenters. The molecule has 9 nitrogen and oxygen atoms in total. The maximum Gasteiger partial charge on any atom is 0.322 e. The number of ether oxygens (including phenoxy) is 1. The fourth-order valence-corrected chi connectivity index (χ4v) is 3.19. The molecule has 0 radical (unpaired) electrons. The molecule has 4 amide bonds. The van der Waals surface area contributed by atoms with Gasteiger partial charge in [0, 0.05) is 18.3 Å². The molecule has 0 aliphatic carbocycles. The van der Waals surface area contributed by atoms with Gasteiger partial charge in [0.05, 0.1) is 0 Å². The van der Waals surface area contributed by atoms with Gasteiger partial charge in [0.15, 0.2) is 0 Å². The number of anilines is 1. The molecule has 2 aromatic carbocycles. The number of unbranched alkanes of at least 4 members (excludes halogenated alkanes) is 1. The molecule has 0 bridgehead atoms. The molecule has 1 unspecified atom stereocenters. The van der Waals surface area contributed by atoms with Gasteiger partial charge in [-0.15, -0.1) is 0 Å². The van der Waals surface area contributed by atoms with Crippen molar-refractivity contribution in [3.63, 3.8) is 0 Å². The molecule has 184 valence electrons. The Morgan fingerprint density at radius 1 is 0.971 bits per heavy atom. The van der Waals surface area contributed by atoms with E-state index in [0.717, 1.165) is 12.8 Å². The van der Waals surface area contributed by atoms with E-state index in [2.05, 4.69) is 5.32 Å². The standard InChI is InChI=1S/C25H34N4O5/c1-4-6-16-28(18-24(31)29(19(3)5-2)17-23(30)27-33)25(32)26-20-12-14-22(15-13-20)34-21-10-8-7-9-11-21/h7-15,19,33H,4-6,16-18H2,1-3H3,(H,26,32)(H,27,30). The minimum absolute atomic E-state index is 0.177. The van der Waals surface area contributed by atoms with Gasteiger partial charge < -0.3 is 19.9 Å². The van der Waals surface area contributed by atoms with E-state index >= 15 is 0 Å². The van der Waals surface area contributed by atoms with Crippen molar-refractivity contribution in [1.29, 1.82) is 0 Å². The lowest BCUT2D eigenvalue weighted by Crippen LogP contribution is -2.50. The van der Waals surface area contributed by atoms with Gasteiger partial charge in [0.25, 0.3) is 5.91 Å². The Balaban J connectivity index is 2.05. The third-order valence-electron chi connectivity index (χ3n) is 5.36. The maximum absolute atomic E-state index is 13.0. The molecule has 2 aromatic rings. The highest BCUT2D eigenvalue weighted by Gasteiger charge is 2.25. The second kappa shape index (κ2) is 13.8. The Kier molecular flexibility index (Phi) is 10.9. The number of hydroxylamine groups is 1. The normalized spacial score (nSPS) is 11.3. The van der Waals surface area contributed by atoms with Crippen LogP contribution in [0.1, 0.15) is 40.0 Å². The van der Waals surface area contributed by atoms with Crippen LogP contribution in [0, 0.1) is 0 Å². The van der Waals surface area contributed by atoms with Crippen LogP contribution in [0.2, 0.25) is 0 Å². The van der Waals surface area contributed by atoms with E-state index in [-0.39, 0.29) is 25.0 Å². The smallest absolute Gasteiger partial charge is 0.322 e. The molecule has 0 aromatic heterocycles. The first-order valence-corrected chi connectivity index (χ1v) is 11.5. The number of hydrogen-bond acceptors (Lipinski definition) is 5. The number of nitrogens with zero attached hydrogens (tertiary/aromatic N) is 2. The second-order valence-corrected chi connectivity index (χ2v) is 7.96. The van der Waals surface area contributed by atoms with Gasteiger partial charge >= 0.3 is 6.03 Å².